The van der Waals surface area contributed by atoms with Crippen LogP contribution < -0.4 is 4.74 Å². The summed E-state index contributed by atoms with van der Waals surface area (Å²) in [6, 6.07) is 12.1. The molecule has 0 radical (unpaired) electrons. The fourth-order valence-electron chi connectivity index (χ4n) is 5.09. The maximum absolute atomic E-state index is 13.7. The zero-order valence-corrected chi connectivity index (χ0v) is 20.1. The number of likely N-dealkylation sites (tertiary alicyclic amines) is 1. The third-order valence-electron chi connectivity index (χ3n) is 6.78. The van der Waals surface area contributed by atoms with E-state index >= 15 is 0 Å². The van der Waals surface area contributed by atoms with Gasteiger partial charge in [-0.1, -0.05) is 18.2 Å². The molecule has 1 unspecified atom stereocenters. The molecule has 0 aliphatic carbocycles. The molecule has 3 aromatic rings. The predicted octanol–water partition coefficient (Wildman–Crippen LogP) is 5.25. The van der Waals surface area contributed by atoms with Gasteiger partial charge in [0.25, 0.3) is 0 Å². The zero-order chi connectivity index (χ0) is 24.4. The largest absolute Gasteiger partial charge is 0.495 e. The van der Waals surface area contributed by atoms with Crippen molar-refractivity contribution in [2.75, 3.05) is 20.3 Å². The number of benzene rings is 2. The minimum Gasteiger partial charge on any atom is -0.495 e. The van der Waals surface area contributed by atoms with E-state index in [0.29, 0.717) is 25.3 Å². The summed E-state index contributed by atoms with van der Waals surface area (Å²) in [6.45, 7) is 3.29. The molecular formula is C28H30FN3O3. The van der Waals surface area contributed by atoms with Crippen LogP contribution >= 0.6 is 0 Å². The molecule has 2 aliphatic heterocycles. The Morgan fingerprint density at radius 2 is 2.03 bits per heavy atom. The third-order valence-corrected chi connectivity index (χ3v) is 6.78. The summed E-state index contributed by atoms with van der Waals surface area (Å²) in [5, 5.41) is 0. The molecule has 2 fully saturated rings. The maximum Gasteiger partial charge on any atom is 0.250 e. The number of aryl methyl sites for hydroxylation is 1. The number of carbonyl (C=O) groups excluding carboxylic acids is 1. The summed E-state index contributed by atoms with van der Waals surface area (Å²) in [6.07, 6.45) is 9.01. The standard InChI is InChI=1S/C28H30FN3O3/c1-19-17-31(18-30-19)24-12-7-20(16-26(24)34-2)15-22-5-3-13-32(28(22)33)27(25-6-4-14-35-25)21-8-10-23(29)11-9-21/h7-12,15-18,25,27H,3-6,13-14H2,1-2H3/t25?,27-/m1/s1. The van der Waals surface area contributed by atoms with Crippen LogP contribution in [-0.4, -0.2) is 46.7 Å². The normalized spacial score (nSPS) is 20.4. The van der Waals surface area contributed by atoms with Gasteiger partial charge in [-0.2, -0.15) is 0 Å². The lowest BCUT2D eigenvalue weighted by molar-refractivity contribution is -0.134. The summed E-state index contributed by atoms with van der Waals surface area (Å²) in [5.41, 5.74) is 4.39. The highest BCUT2D eigenvalue weighted by molar-refractivity contribution is 5.99. The highest BCUT2D eigenvalue weighted by atomic mass is 19.1. The number of imidazole rings is 1. The zero-order valence-electron chi connectivity index (χ0n) is 20.1. The van der Waals surface area contributed by atoms with E-state index in [1.165, 1.54) is 12.1 Å². The van der Waals surface area contributed by atoms with Crippen LogP contribution in [0.3, 0.4) is 0 Å². The van der Waals surface area contributed by atoms with Gasteiger partial charge in [0.15, 0.2) is 0 Å². The smallest absolute Gasteiger partial charge is 0.250 e. The van der Waals surface area contributed by atoms with Gasteiger partial charge in [0.05, 0.1) is 37.0 Å². The molecule has 182 valence electrons. The minimum absolute atomic E-state index is 0.00866. The highest BCUT2D eigenvalue weighted by Crippen LogP contribution is 2.36. The first kappa shape index (κ1) is 23.3. The maximum atomic E-state index is 13.7. The van der Waals surface area contributed by atoms with Gasteiger partial charge >= 0.3 is 0 Å². The number of methoxy groups -OCH3 is 1. The number of rotatable bonds is 6. The Hall–Kier alpha value is -3.45. The molecule has 1 amide bonds. The van der Waals surface area contributed by atoms with Crippen LogP contribution in [0.25, 0.3) is 11.8 Å². The Labute approximate surface area is 205 Å². The molecule has 0 saturated carbocycles. The van der Waals surface area contributed by atoms with Crippen LogP contribution in [0, 0.1) is 12.7 Å². The number of hydrogen-bond acceptors (Lipinski definition) is 4. The van der Waals surface area contributed by atoms with E-state index in [0.717, 1.165) is 47.3 Å². The Balaban J connectivity index is 1.44. The van der Waals surface area contributed by atoms with Gasteiger partial charge in [-0.25, -0.2) is 9.37 Å². The van der Waals surface area contributed by atoms with Crippen molar-refractivity contribution in [3.8, 4) is 11.4 Å². The van der Waals surface area contributed by atoms with E-state index in [-0.39, 0.29) is 23.9 Å². The number of amides is 1. The Morgan fingerprint density at radius 3 is 2.71 bits per heavy atom. The van der Waals surface area contributed by atoms with E-state index in [9.17, 15) is 9.18 Å². The Kier molecular flexibility index (Phi) is 6.68. The lowest BCUT2D eigenvalue weighted by Crippen LogP contribution is -2.44. The molecule has 5 rings (SSSR count). The molecule has 7 heteroatoms. The van der Waals surface area contributed by atoms with Crippen molar-refractivity contribution in [1.82, 2.24) is 14.5 Å². The van der Waals surface area contributed by atoms with Crippen molar-refractivity contribution in [2.24, 2.45) is 0 Å². The monoisotopic (exact) mass is 475 g/mol. The number of carbonyl (C=O) groups is 1. The van der Waals surface area contributed by atoms with Crippen molar-refractivity contribution in [3.63, 3.8) is 0 Å². The molecule has 0 N–H and O–H groups in total. The van der Waals surface area contributed by atoms with Crippen LogP contribution in [0.2, 0.25) is 0 Å². The van der Waals surface area contributed by atoms with Gasteiger partial charge in [0, 0.05) is 24.9 Å². The van der Waals surface area contributed by atoms with Crippen molar-refractivity contribution in [2.45, 2.75) is 44.8 Å². The van der Waals surface area contributed by atoms with Crippen LogP contribution in [0.5, 0.6) is 5.75 Å². The first-order valence-corrected chi connectivity index (χ1v) is 12.1. The number of halogens is 1. The summed E-state index contributed by atoms with van der Waals surface area (Å²) < 4.78 is 27.2. The molecule has 3 heterocycles. The summed E-state index contributed by atoms with van der Waals surface area (Å²) in [5.74, 6) is 0.434. The van der Waals surface area contributed by atoms with Crippen LogP contribution in [0.1, 0.15) is 48.5 Å². The number of ether oxygens (including phenoxy) is 2. The molecule has 0 spiro atoms. The number of hydrogen-bond donors (Lipinski definition) is 0. The lowest BCUT2D eigenvalue weighted by atomic mass is 9.93. The SMILES string of the molecule is COc1cc(C=C2CCCN([C@H](c3ccc(F)cc3)C3CCCO3)C2=O)ccc1-n1cnc(C)c1. The quantitative estimate of drug-likeness (QED) is 0.457. The van der Waals surface area contributed by atoms with Crippen molar-refractivity contribution in [3.05, 3.63) is 83.2 Å². The number of nitrogens with zero attached hydrogens (tertiary/aromatic N) is 3. The molecule has 0 bridgehead atoms. The Morgan fingerprint density at radius 1 is 1.20 bits per heavy atom. The van der Waals surface area contributed by atoms with E-state index in [4.69, 9.17) is 9.47 Å². The molecule has 2 aliphatic rings. The molecule has 2 aromatic carbocycles. The molecule has 6 nitrogen and oxygen atoms in total. The molecule has 2 saturated heterocycles. The van der Waals surface area contributed by atoms with E-state index < -0.39 is 0 Å². The molecular weight excluding hydrogens is 445 g/mol. The Bertz CT molecular complexity index is 1230. The van der Waals surface area contributed by atoms with Gasteiger partial charge in [-0.05, 0) is 74.1 Å². The lowest BCUT2D eigenvalue weighted by Gasteiger charge is -2.38. The number of aromatic nitrogens is 2. The van der Waals surface area contributed by atoms with Gasteiger partial charge < -0.3 is 18.9 Å². The molecule has 1 aromatic heterocycles. The first-order chi connectivity index (χ1) is 17.0. The van der Waals surface area contributed by atoms with Gasteiger partial charge in [0.2, 0.25) is 5.91 Å². The topological polar surface area (TPSA) is 56.6 Å². The van der Waals surface area contributed by atoms with E-state index in [1.54, 1.807) is 25.6 Å². The minimum atomic E-state index is -0.284. The van der Waals surface area contributed by atoms with Crippen molar-refractivity contribution >= 4 is 12.0 Å². The average Bonchev–Trinajstić information content (AvgIpc) is 3.55. The van der Waals surface area contributed by atoms with Crippen molar-refractivity contribution < 1.29 is 18.7 Å². The highest BCUT2D eigenvalue weighted by Gasteiger charge is 2.37. The second-order valence-corrected chi connectivity index (χ2v) is 9.17. The van der Waals surface area contributed by atoms with Gasteiger partial charge in [-0.3, -0.25) is 4.79 Å². The summed E-state index contributed by atoms with van der Waals surface area (Å²) >= 11 is 0. The molecule has 35 heavy (non-hydrogen) atoms. The summed E-state index contributed by atoms with van der Waals surface area (Å²) in [7, 11) is 1.64. The number of piperidine rings is 1. The van der Waals surface area contributed by atoms with Gasteiger partial charge in [0.1, 0.15) is 11.6 Å². The van der Waals surface area contributed by atoms with E-state index in [1.807, 2.05) is 46.9 Å². The fraction of sp³-hybridized carbons (Fsp3) is 0.357. The molecule has 2 atom stereocenters. The van der Waals surface area contributed by atoms with Gasteiger partial charge in [-0.15, -0.1) is 0 Å². The van der Waals surface area contributed by atoms with Crippen molar-refractivity contribution in [1.29, 1.82) is 0 Å². The predicted molar refractivity (Wildman–Crippen MR) is 132 cm³/mol. The third kappa shape index (κ3) is 4.86. The van der Waals surface area contributed by atoms with E-state index in [2.05, 4.69) is 4.98 Å². The van der Waals surface area contributed by atoms with Crippen LogP contribution in [0.15, 0.2) is 60.6 Å². The summed E-state index contributed by atoms with van der Waals surface area (Å²) in [4.78, 5) is 19.9. The second-order valence-electron chi connectivity index (χ2n) is 9.17. The average molecular weight is 476 g/mol. The second kappa shape index (κ2) is 10.0. The van der Waals surface area contributed by atoms with Crippen LogP contribution in [0.4, 0.5) is 4.39 Å². The van der Waals surface area contributed by atoms with Crippen LogP contribution in [-0.2, 0) is 9.53 Å². The fourth-order valence-corrected chi connectivity index (χ4v) is 5.09. The first-order valence-electron chi connectivity index (χ1n) is 12.1.